The van der Waals surface area contributed by atoms with E-state index in [1.54, 1.807) is 13.2 Å². The average Bonchev–Trinajstić information content (AvgIpc) is 2.84. The molecule has 3 rings (SSSR count). The minimum atomic E-state index is -0.147. The Morgan fingerprint density at radius 3 is 2.90 bits per heavy atom. The molecule has 1 amide bonds. The molecule has 0 bridgehead atoms. The molecule has 1 heterocycles. The highest BCUT2D eigenvalue weighted by molar-refractivity contribution is 5.83. The Kier molecular flexibility index (Phi) is 2.99. The van der Waals surface area contributed by atoms with E-state index >= 15 is 0 Å². The number of hydrogen-bond acceptors (Lipinski definition) is 3. The maximum Gasteiger partial charge on any atom is 0.250 e. The van der Waals surface area contributed by atoms with Gasteiger partial charge in [-0.05, 0) is 41.0 Å². The van der Waals surface area contributed by atoms with E-state index in [-0.39, 0.29) is 5.91 Å². The van der Waals surface area contributed by atoms with E-state index < -0.39 is 0 Å². The van der Waals surface area contributed by atoms with E-state index in [4.69, 9.17) is 4.74 Å². The molecule has 100 valence electrons. The van der Waals surface area contributed by atoms with Crippen molar-refractivity contribution in [3.8, 4) is 16.9 Å². The lowest BCUT2D eigenvalue weighted by Gasteiger charge is -2.06. The molecule has 2 aromatic rings. The molecule has 4 nitrogen and oxygen atoms in total. The Morgan fingerprint density at radius 1 is 1.30 bits per heavy atom. The zero-order valence-corrected chi connectivity index (χ0v) is 11.0. The SMILES string of the molecule is COc1cccc(-c2cc3c(cc2=CO)CC(=O)N=3)c1. The van der Waals surface area contributed by atoms with Gasteiger partial charge in [0.1, 0.15) is 5.75 Å². The first-order chi connectivity index (χ1) is 9.71. The largest absolute Gasteiger partial charge is 0.515 e. The molecule has 0 aliphatic carbocycles. The third-order valence-corrected chi connectivity index (χ3v) is 3.36. The van der Waals surface area contributed by atoms with Crippen molar-refractivity contribution in [3.05, 3.63) is 52.5 Å². The lowest BCUT2D eigenvalue weighted by atomic mass is 10.0. The molecule has 0 atom stereocenters. The monoisotopic (exact) mass is 267 g/mol. The second-order valence-corrected chi connectivity index (χ2v) is 4.61. The van der Waals surface area contributed by atoms with E-state index in [0.29, 0.717) is 17.0 Å². The number of carbonyl (C=O) groups excluding carboxylic acids is 1. The summed E-state index contributed by atoms with van der Waals surface area (Å²) < 4.78 is 5.21. The van der Waals surface area contributed by atoms with E-state index in [1.165, 1.54) is 0 Å². The molecule has 0 aromatic heterocycles. The van der Waals surface area contributed by atoms with Gasteiger partial charge >= 0.3 is 0 Å². The smallest absolute Gasteiger partial charge is 0.250 e. The number of benzene rings is 2. The van der Waals surface area contributed by atoms with Gasteiger partial charge in [0.05, 0.1) is 25.1 Å². The summed E-state index contributed by atoms with van der Waals surface area (Å²) in [5.74, 6) is 0.589. The van der Waals surface area contributed by atoms with Crippen LogP contribution in [0.2, 0.25) is 0 Å². The Morgan fingerprint density at radius 2 is 2.15 bits per heavy atom. The van der Waals surface area contributed by atoms with Crippen molar-refractivity contribution in [2.24, 2.45) is 4.99 Å². The van der Waals surface area contributed by atoms with Gasteiger partial charge in [0.25, 0.3) is 5.91 Å². The second-order valence-electron chi connectivity index (χ2n) is 4.61. The van der Waals surface area contributed by atoms with E-state index in [9.17, 15) is 9.90 Å². The number of hydrogen-bond donors (Lipinski definition) is 1. The molecule has 0 saturated carbocycles. The number of ether oxygens (including phenoxy) is 1. The van der Waals surface area contributed by atoms with E-state index in [1.807, 2.05) is 30.3 Å². The van der Waals surface area contributed by atoms with Crippen LogP contribution in [0.25, 0.3) is 17.4 Å². The van der Waals surface area contributed by atoms with Crippen LogP contribution in [-0.4, -0.2) is 18.1 Å². The standard InChI is InChI=1S/C16H13NO3/c1-20-13-4-2-3-10(6-13)14-8-15-11(5-12(14)9-18)7-16(19)17-15/h2-6,8-9,18H,7H2,1H3. The van der Waals surface area contributed by atoms with Crippen molar-refractivity contribution in [2.75, 3.05) is 7.11 Å². The highest BCUT2D eigenvalue weighted by atomic mass is 16.5. The van der Waals surface area contributed by atoms with E-state index in [0.717, 1.165) is 28.7 Å². The highest BCUT2D eigenvalue weighted by Gasteiger charge is 2.14. The number of carbonyl (C=O) groups is 1. The van der Waals surface area contributed by atoms with Crippen LogP contribution in [0.15, 0.2) is 41.4 Å². The zero-order chi connectivity index (χ0) is 14.1. The fraction of sp³-hybridized carbons (Fsp3) is 0.125. The van der Waals surface area contributed by atoms with Gasteiger partial charge in [-0.15, -0.1) is 0 Å². The fourth-order valence-corrected chi connectivity index (χ4v) is 2.38. The minimum absolute atomic E-state index is 0.147. The zero-order valence-electron chi connectivity index (χ0n) is 11.0. The Bertz CT molecular complexity index is 809. The van der Waals surface area contributed by atoms with Crippen LogP contribution in [0.5, 0.6) is 5.75 Å². The first-order valence-electron chi connectivity index (χ1n) is 6.24. The number of fused-ring (bicyclic) bond motifs is 1. The molecule has 2 aromatic carbocycles. The maximum absolute atomic E-state index is 11.4. The van der Waals surface area contributed by atoms with Crippen LogP contribution in [0.1, 0.15) is 5.56 Å². The van der Waals surface area contributed by atoms with Gasteiger partial charge in [-0.1, -0.05) is 12.1 Å². The van der Waals surface area contributed by atoms with Crippen LogP contribution in [0.4, 0.5) is 0 Å². The molecule has 0 unspecified atom stereocenters. The molecule has 0 saturated heterocycles. The normalized spacial score (nSPS) is 14.1. The number of aliphatic hydroxyl groups is 1. The molecule has 1 N–H and O–H groups in total. The summed E-state index contributed by atoms with van der Waals surface area (Å²) in [7, 11) is 1.61. The number of aliphatic hydroxyl groups excluding tert-OH is 1. The Balaban J connectivity index is 2.25. The van der Waals surface area contributed by atoms with Crippen molar-refractivity contribution >= 4 is 12.2 Å². The van der Waals surface area contributed by atoms with Crippen molar-refractivity contribution in [3.63, 3.8) is 0 Å². The topological polar surface area (TPSA) is 58.9 Å². The molecular weight excluding hydrogens is 254 g/mol. The highest BCUT2D eigenvalue weighted by Crippen LogP contribution is 2.21. The summed E-state index contributed by atoms with van der Waals surface area (Å²) >= 11 is 0. The molecule has 1 aliphatic rings. The molecule has 0 spiro atoms. The third kappa shape index (κ3) is 2.05. The quantitative estimate of drug-likeness (QED) is 0.893. The summed E-state index contributed by atoms with van der Waals surface area (Å²) in [5, 5.41) is 10.8. The number of methoxy groups -OCH3 is 1. The van der Waals surface area contributed by atoms with Crippen LogP contribution < -0.4 is 15.3 Å². The molecular formula is C16H13NO3. The molecule has 4 heteroatoms. The van der Waals surface area contributed by atoms with Gasteiger partial charge in [-0.2, -0.15) is 0 Å². The number of nitrogens with zero attached hydrogens (tertiary/aromatic N) is 1. The van der Waals surface area contributed by atoms with Gasteiger partial charge in [0, 0.05) is 5.22 Å². The predicted molar refractivity (Wildman–Crippen MR) is 75.0 cm³/mol. The Hall–Kier alpha value is -2.62. The van der Waals surface area contributed by atoms with Crippen molar-refractivity contribution in [1.82, 2.24) is 0 Å². The van der Waals surface area contributed by atoms with Gasteiger partial charge in [0.15, 0.2) is 0 Å². The number of rotatable bonds is 2. The lowest BCUT2D eigenvalue weighted by molar-refractivity contribution is -0.116. The first-order valence-corrected chi connectivity index (χ1v) is 6.24. The van der Waals surface area contributed by atoms with Gasteiger partial charge in [-0.3, -0.25) is 4.79 Å². The van der Waals surface area contributed by atoms with Crippen LogP contribution in [0, 0.1) is 0 Å². The van der Waals surface area contributed by atoms with Gasteiger partial charge < -0.3 is 9.84 Å². The summed E-state index contributed by atoms with van der Waals surface area (Å²) in [6.07, 6.45) is 1.35. The molecule has 1 aliphatic heterocycles. The average molecular weight is 267 g/mol. The fourth-order valence-electron chi connectivity index (χ4n) is 2.38. The van der Waals surface area contributed by atoms with Crippen molar-refractivity contribution in [2.45, 2.75) is 6.42 Å². The number of amides is 1. The summed E-state index contributed by atoms with van der Waals surface area (Å²) in [5.41, 5.74) is 2.58. The van der Waals surface area contributed by atoms with Crippen LogP contribution >= 0.6 is 0 Å². The van der Waals surface area contributed by atoms with Crippen LogP contribution in [-0.2, 0) is 11.2 Å². The molecule has 0 radical (unpaired) electrons. The summed E-state index contributed by atoms with van der Waals surface area (Å²) in [4.78, 5) is 15.4. The van der Waals surface area contributed by atoms with Crippen molar-refractivity contribution < 1.29 is 14.6 Å². The Labute approximate surface area is 115 Å². The predicted octanol–water partition coefficient (Wildman–Crippen LogP) is 1.36. The molecule has 20 heavy (non-hydrogen) atoms. The molecule has 0 fully saturated rings. The summed E-state index contributed by atoms with van der Waals surface area (Å²) in [6, 6.07) is 11.2. The van der Waals surface area contributed by atoms with Crippen LogP contribution in [0.3, 0.4) is 0 Å². The second kappa shape index (κ2) is 4.81. The minimum Gasteiger partial charge on any atom is -0.515 e. The summed E-state index contributed by atoms with van der Waals surface area (Å²) in [6.45, 7) is 0. The van der Waals surface area contributed by atoms with Crippen molar-refractivity contribution in [1.29, 1.82) is 0 Å². The maximum atomic E-state index is 11.4. The first kappa shape index (κ1) is 12.4. The van der Waals surface area contributed by atoms with E-state index in [2.05, 4.69) is 4.99 Å². The third-order valence-electron chi connectivity index (χ3n) is 3.36. The lowest BCUT2D eigenvalue weighted by Crippen LogP contribution is -2.15. The van der Waals surface area contributed by atoms with Gasteiger partial charge in [-0.25, -0.2) is 4.99 Å². The van der Waals surface area contributed by atoms with Gasteiger partial charge in [0.2, 0.25) is 0 Å².